The summed E-state index contributed by atoms with van der Waals surface area (Å²) in [6, 6.07) is 0. The number of carbonyl (C=O) groups excluding carboxylic acids is 1. The second-order valence-electron chi connectivity index (χ2n) is 4.87. The molecule has 1 rings (SSSR count). The minimum atomic E-state index is -1.59. The first-order valence-electron chi connectivity index (χ1n) is 5.29. The van der Waals surface area contributed by atoms with Gasteiger partial charge in [0.15, 0.2) is 0 Å². The zero-order valence-electron chi connectivity index (χ0n) is 10.1. The van der Waals surface area contributed by atoms with Gasteiger partial charge in [-0.15, -0.1) is 0 Å². The van der Waals surface area contributed by atoms with E-state index in [1.165, 1.54) is 4.90 Å². The largest absolute Gasteiger partial charge is 0.476 e. The van der Waals surface area contributed by atoms with Crippen LogP contribution in [0.1, 0.15) is 27.2 Å². The van der Waals surface area contributed by atoms with Crippen LogP contribution in [0, 0.1) is 0 Å². The van der Waals surface area contributed by atoms with Crippen molar-refractivity contribution in [3.8, 4) is 0 Å². The fourth-order valence-corrected chi connectivity index (χ4v) is 1.47. The van der Waals surface area contributed by atoms with E-state index < -0.39 is 23.5 Å². The Balaban J connectivity index is 2.66. The van der Waals surface area contributed by atoms with Crippen LogP contribution in [0.2, 0.25) is 0 Å². The lowest BCUT2D eigenvalue weighted by atomic mass is 10.2. The Morgan fingerprint density at radius 1 is 1.41 bits per heavy atom. The van der Waals surface area contributed by atoms with Crippen molar-refractivity contribution < 1.29 is 23.8 Å². The first-order valence-corrected chi connectivity index (χ1v) is 5.29. The van der Waals surface area contributed by atoms with Gasteiger partial charge in [-0.3, -0.25) is 0 Å². The molecule has 1 fully saturated rings. The summed E-state index contributed by atoms with van der Waals surface area (Å²) in [6.07, 6.45) is -0.317. The highest BCUT2D eigenvalue weighted by atomic mass is 19.1. The van der Waals surface area contributed by atoms with Crippen molar-refractivity contribution in [3.05, 3.63) is 11.4 Å². The van der Waals surface area contributed by atoms with Crippen LogP contribution in [0.4, 0.5) is 9.18 Å². The normalized spacial score (nSPS) is 19.2. The first-order chi connectivity index (χ1) is 7.70. The van der Waals surface area contributed by atoms with Gasteiger partial charge in [-0.05, 0) is 32.8 Å². The van der Waals surface area contributed by atoms with Crippen molar-refractivity contribution >= 4 is 12.1 Å². The topological polar surface area (TPSA) is 66.8 Å². The van der Waals surface area contributed by atoms with Crippen molar-refractivity contribution in [2.24, 2.45) is 0 Å². The number of likely N-dealkylation sites (tertiary alicyclic amines) is 1. The zero-order chi connectivity index (χ0) is 13.2. The summed E-state index contributed by atoms with van der Waals surface area (Å²) in [5, 5.41) is 8.49. The van der Waals surface area contributed by atoms with Crippen molar-refractivity contribution in [3.63, 3.8) is 0 Å². The third-order valence-corrected chi connectivity index (χ3v) is 2.22. The molecule has 5 nitrogen and oxygen atoms in total. The summed E-state index contributed by atoms with van der Waals surface area (Å²) in [5.41, 5.74) is -0.488. The number of carboxylic acids is 1. The number of carboxylic acid groups (broad SMARTS) is 1. The van der Waals surface area contributed by atoms with E-state index in [9.17, 15) is 14.0 Å². The lowest BCUT2D eigenvalue weighted by Crippen LogP contribution is -2.34. The lowest BCUT2D eigenvalue weighted by Gasteiger charge is -2.23. The average Bonchev–Trinajstić information content (AvgIpc) is 2.62. The second-order valence-corrected chi connectivity index (χ2v) is 4.87. The third kappa shape index (κ3) is 3.72. The van der Waals surface area contributed by atoms with E-state index in [2.05, 4.69) is 0 Å². The van der Waals surface area contributed by atoms with E-state index in [4.69, 9.17) is 9.84 Å². The second kappa shape index (κ2) is 4.73. The minimum absolute atomic E-state index is 0.0208. The Bertz CT molecular complexity index is 370. The van der Waals surface area contributed by atoms with Gasteiger partial charge in [0, 0.05) is 13.1 Å². The maximum Gasteiger partial charge on any atom is 0.410 e. The number of nitrogens with zero attached hydrogens (tertiary/aromatic N) is 1. The van der Waals surface area contributed by atoms with Crippen LogP contribution in [0.25, 0.3) is 0 Å². The fraction of sp³-hybridized carbons (Fsp3) is 0.636. The molecule has 0 aliphatic carbocycles. The first kappa shape index (κ1) is 13.5. The van der Waals surface area contributed by atoms with Crippen LogP contribution in [-0.4, -0.2) is 40.8 Å². The van der Waals surface area contributed by atoms with E-state index >= 15 is 0 Å². The quantitative estimate of drug-likeness (QED) is 0.717. The monoisotopic (exact) mass is 245 g/mol. The van der Waals surface area contributed by atoms with Crippen molar-refractivity contribution in [2.45, 2.75) is 32.8 Å². The average molecular weight is 245 g/mol. The fourth-order valence-electron chi connectivity index (χ4n) is 1.47. The smallest absolute Gasteiger partial charge is 0.410 e. The predicted molar refractivity (Wildman–Crippen MR) is 58.2 cm³/mol. The van der Waals surface area contributed by atoms with Gasteiger partial charge in [0.25, 0.3) is 0 Å². The molecule has 1 aliphatic rings. The number of ether oxygens (including phenoxy) is 1. The molecular weight excluding hydrogens is 229 g/mol. The number of amides is 1. The standard InChI is InChI=1S/C11H16FNO4/c1-11(2,3)17-10(16)13-5-4-7(6-13)8(12)9(14)15/h4-6H2,1-3H3,(H,14,15)/b8-7+. The Morgan fingerprint density at radius 2 is 2.00 bits per heavy atom. The summed E-state index contributed by atoms with van der Waals surface area (Å²) < 4.78 is 18.2. The molecule has 1 saturated heterocycles. The highest BCUT2D eigenvalue weighted by molar-refractivity contribution is 5.85. The number of halogens is 1. The molecule has 0 aromatic heterocycles. The van der Waals surface area contributed by atoms with Gasteiger partial charge < -0.3 is 14.7 Å². The van der Waals surface area contributed by atoms with Gasteiger partial charge in [0.05, 0.1) is 0 Å². The molecule has 96 valence electrons. The molecule has 1 aliphatic heterocycles. The van der Waals surface area contributed by atoms with Gasteiger partial charge in [0.2, 0.25) is 5.83 Å². The molecule has 0 radical (unpaired) electrons. The van der Waals surface area contributed by atoms with Crippen LogP contribution in [0.15, 0.2) is 11.4 Å². The summed E-state index contributed by atoms with van der Waals surface area (Å²) in [4.78, 5) is 23.3. The zero-order valence-corrected chi connectivity index (χ0v) is 10.1. The molecule has 0 unspecified atom stereocenters. The molecule has 1 heterocycles. The number of hydrogen-bond donors (Lipinski definition) is 1. The number of aliphatic carboxylic acids is 1. The van der Waals surface area contributed by atoms with Gasteiger partial charge in [-0.25, -0.2) is 9.59 Å². The maximum absolute atomic E-state index is 13.1. The lowest BCUT2D eigenvalue weighted by molar-refractivity contribution is -0.134. The van der Waals surface area contributed by atoms with Crippen LogP contribution in [-0.2, 0) is 9.53 Å². The molecule has 0 atom stereocenters. The molecule has 6 heteroatoms. The Morgan fingerprint density at radius 3 is 2.47 bits per heavy atom. The Kier molecular flexibility index (Phi) is 3.75. The summed E-state index contributed by atoms with van der Waals surface area (Å²) in [5.74, 6) is -2.76. The molecule has 1 amide bonds. The number of hydrogen-bond acceptors (Lipinski definition) is 3. The maximum atomic E-state index is 13.1. The number of carbonyl (C=O) groups is 2. The Labute approximate surface area is 98.8 Å². The van der Waals surface area contributed by atoms with Gasteiger partial charge >= 0.3 is 12.1 Å². The summed E-state index contributed by atoms with van der Waals surface area (Å²) in [6.45, 7) is 5.46. The van der Waals surface area contributed by atoms with Gasteiger partial charge in [-0.2, -0.15) is 4.39 Å². The molecule has 0 spiro atoms. The van der Waals surface area contributed by atoms with E-state index in [0.29, 0.717) is 0 Å². The van der Waals surface area contributed by atoms with Crippen molar-refractivity contribution in [2.75, 3.05) is 13.1 Å². The summed E-state index contributed by atoms with van der Waals surface area (Å²) in [7, 11) is 0. The van der Waals surface area contributed by atoms with Crippen LogP contribution in [0.5, 0.6) is 0 Å². The van der Waals surface area contributed by atoms with E-state index in [-0.39, 0.29) is 25.1 Å². The molecular formula is C11H16FNO4. The van der Waals surface area contributed by atoms with Gasteiger partial charge in [-0.1, -0.05) is 0 Å². The van der Waals surface area contributed by atoms with E-state index in [1.54, 1.807) is 20.8 Å². The minimum Gasteiger partial charge on any atom is -0.476 e. The van der Waals surface area contributed by atoms with Crippen LogP contribution in [0.3, 0.4) is 0 Å². The van der Waals surface area contributed by atoms with E-state index in [0.717, 1.165) is 0 Å². The molecule has 1 N–H and O–H groups in total. The SMILES string of the molecule is CC(C)(C)OC(=O)N1CC/C(=C(\F)C(=O)O)C1. The molecule has 0 saturated carbocycles. The summed E-state index contributed by atoms with van der Waals surface area (Å²) >= 11 is 0. The predicted octanol–water partition coefficient (Wildman–Crippen LogP) is 1.94. The third-order valence-electron chi connectivity index (χ3n) is 2.22. The van der Waals surface area contributed by atoms with Crippen LogP contribution >= 0.6 is 0 Å². The highest BCUT2D eigenvalue weighted by Crippen LogP contribution is 2.22. The van der Waals surface area contributed by atoms with Crippen LogP contribution < -0.4 is 0 Å². The molecule has 0 aromatic rings. The van der Waals surface area contributed by atoms with Crippen molar-refractivity contribution in [1.82, 2.24) is 4.90 Å². The molecule has 0 aromatic carbocycles. The molecule has 17 heavy (non-hydrogen) atoms. The Hall–Kier alpha value is -1.59. The van der Waals surface area contributed by atoms with E-state index in [1.807, 2.05) is 0 Å². The highest BCUT2D eigenvalue weighted by Gasteiger charge is 2.29. The number of rotatable bonds is 1. The van der Waals surface area contributed by atoms with Crippen molar-refractivity contribution in [1.29, 1.82) is 0 Å². The molecule has 0 bridgehead atoms. The van der Waals surface area contributed by atoms with Gasteiger partial charge in [0.1, 0.15) is 5.60 Å².